The number of fused-ring (bicyclic) bond motifs is 14. The molecule has 4 aliphatic heterocycles. The van der Waals surface area contributed by atoms with Crippen LogP contribution in [0, 0.1) is 27.7 Å². The number of hydrogen-bond donors (Lipinski definition) is 0. The summed E-state index contributed by atoms with van der Waals surface area (Å²) < 4.78 is 97.3. The number of hydrogen-bond acceptors (Lipinski definition) is 16. The normalized spacial score (nSPS) is 19.8. The van der Waals surface area contributed by atoms with E-state index in [0.717, 1.165) is 122 Å². The SMILES string of the molecule is [2H]C(C)(C)N1C=CN(c2c(C)ccc3c2oc2ncccc23)C1C.[2H]C(C)(C)N1c2ccccc2N(c2c(C)ccc3c2oc2ncccc23)C1C.[2H]C([2H])([2H])C([2H])(C)N1C=CN(c2c(C)ccc3c2oc2ncccc23)C1C.[2H]C([2H])([2H])N1c2ccccc2N(c2c(C)ccc3c2oc2ncccc23)C1C. The Morgan fingerprint density at radius 2 is 0.704 bits per heavy atom. The maximum absolute atomic E-state index is 8.71. The minimum atomic E-state index is -2.44. The van der Waals surface area contributed by atoms with E-state index in [2.05, 4.69) is 110 Å². The van der Waals surface area contributed by atoms with Gasteiger partial charge in [0, 0.05) is 126 Å². The monoisotopic (exact) mass is 1310 g/mol. The Morgan fingerprint density at radius 1 is 0.357 bits per heavy atom. The topological polar surface area (TPSA) is 130 Å². The molecule has 0 N–H and O–H groups in total. The number of benzene rings is 6. The van der Waals surface area contributed by atoms with Crippen LogP contribution >= 0.6 is 0 Å². The van der Waals surface area contributed by atoms with Crippen LogP contribution in [0.5, 0.6) is 0 Å². The van der Waals surface area contributed by atoms with Crippen LogP contribution in [-0.2, 0) is 0 Å². The number of furan rings is 4. The highest BCUT2D eigenvalue weighted by Crippen LogP contribution is 2.51. The Morgan fingerprint density at radius 3 is 1.07 bits per heavy atom. The molecule has 0 amide bonds. The lowest BCUT2D eigenvalue weighted by Crippen LogP contribution is -2.42. The molecule has 16 heteroatoms. The van der Waals surface area contributed by atoms with Crippen molar-refractivity contribution in [2.24, 2.45) is 0 Å². The maximum atomic E-state index is 8.71. The molecule has 8 aromatic heterocycles. The van der Waals surface area contributed by atoms with Crippen molar-refractivity contribution < 1.29 is 30.0 Å². The summed E-state index contributed by atoms with van der Waals surface area (Å²) >= 11 is 0. The number of anilines is 8. The quantitative estimate of drug-likeness (QED) is 0.150. The van der Waals surface area contributed by atoms with Gasteiger partial charge in [0.1, 0.15) is 24.7 Å². The van der Waals surface area contributed by atoms with Crippen molar-refractivity contribution in [3.8, 4) is 0 Å². The van der Waals surface area contributed by atoms with Crippen LogP contribution < -0.4 is 29.4 Å². The molecule has 0 saturated carbocycles. The van der Waals surface area contributed by atoms with E-state index in [-0.39, 0.29) is 18.5 Å². The van der Waals surface area contributed by atoms with E-state index in [9.17, 15) is 0 Å². The second-order valence-electron chi connectivity index (χ2n) is 26.0. The number of aromatic nitrogens is 4. The molecule has 16 nitrogen and oxygen atoms in total. The second-order valence-corrected chi connectivity index (χ2v) is 26.0. The molecule has 0 radical (unpaired) electrons. The first-order valence-corrected chi connectivity index (χ1v) is 33.2. The minimum absolute atomic E-state index is 0.0182. The molecular weight excluding hydrogens is 1220 g/mol. The van der Waals surface area contributed by atoms with Crippen molar-refractivity contribution in [2.45, 2.75) is 140 Å². The lowest BCUT2D eigenvalue weighted by atomic mass is 10.1. The van der Waals surface area contributed by atoms with E-state index in [1.165, 1.54) is 11.8 Å². The summed E-state index contributed by atoms with van der Waals surface area (Å²) in [5, 5.41) is 8.02. The molecule has 6 aromatic carbocycles. The Bertz CT molecular complexity index is 5660. The molecule has 98 heavy (non-hydrogen) atoms. The Hall–Kier alpha value is -11.0. The molecule has 0 spiro atoms. The third-order valence-corrected chi connectivity index (χ3v) is 19.4. The van der Waals surface area contributed by atoms with E-state index < -0.39 is 38.0 Å². The number of aryl methyl sites for hydroxylation is 4. The van der Waals surface area contributed by atoms with Gasteiger partial charge in [0.2, 0.25) is 22.9 Å². The summed E-state index contributed by atoms with van der Waals surface area (Å²) in [6.45, 7) is 20.6. The summed E-state index contributed by atoms with van der Waals surface area (Å²) in [7, 11) is 0. The summed E-state index contributed by atoms with van der Waals surface area (Å²) in [4.78, 5) is 33.1. The van der Waals surface area contributed by atoms with Crippen LogP contribution in [0.4, 0.5) is 45.5 Å². The van der Waals surface area contributed by atoms with Crippen LogP contribution in [0.1, 0.15) is 104 Å². The first kappa shape index (κ1) is 53.2. The van der Waals surface area contributed by atoms with E-state index in [1.807, 2.05) is 187 Å². The van der Waals surface area contributed by atoms with Crippen LogP contribution in [0.3, 0.4) is 0 Å². The van der Waals surface area contributed by atoms with Crippen LogP contribution in [0.25, 0.3) is 88.3 Å². The molecule has 5 atom stereocenters. The lowest BCUT2D eigenvalue weighted by Gasteiger charge is -2.33. The maximum Gasteiger partial charge on any atom is 0.227 e. The van der Waals surface area contributed by atoms with E-state index in [4.69, 9.17) is 30.0 Å². The Kier molecular flexibility index (Phi) is 13.5. The van der Waals surface area contributed by atoms with Gasteiger partial charge in [0.25, 0.3) is 0 Å². The van der Waals surface area contributed by atoms with E-state index in [1.54, 1.807) is 35.9 Å². The molecule has 14 aromatic rings. The summed E-state index contributed by atoms with van der Waals surface area (Å²) in [5.74, 6) is 0. The molecular formula is C82H84N12O4. The standard InChI is InChI=1S/C23H23N3O.C21H19N3O.2C19H21N3O/c1-14(2)25-16(4)26(20-10-6-5-9-19(20)25)21-15(3)11-12-17-18-8-7-13-24-23(18)27-22(17)21;1-13-10-11-15-16-7-6-12-22-21(16)25-20(15)19(13)24-14(2)23(3)17-8-4-5-9-18(17)24;2*1-12(2)21-10-11-22(14(21)4)17-13(3)7-8-15-16-6-5-9-20-19(16)23-18(15)17/h5-14,16H,1-4H3;4-12,14H,1-3H3;2*5-12,14H,1-4H3/i14D;3D3;1D3,12D;12D. The number of nitrogens with zero attached hydrogens (tertiary/aromatic N) is 12. The highest BCUT2D eigenvalue weighted by atomic mass is 16.4. The molecule has 4 aliphatic rings. The van der Waals surface area contributed by atoms with Crippen molar-refractivity contribution in [1.29, 1.82) is 0 Å². The van der Waals surface area contributed by atoms with Crippen LogP contribution in [-0.4, -0.2) is 79.4 Å². The fourth-order valence-electron chi connectivity index (χ4n) is 14.8. The third kappa shape index (κ3) is 10.3. The highest BCUT2D eigenvalue weighted by molar-refractivity contribution is 6.13. The summed E-state index contributed by atoms with van der Waals surface area (Å²) in [6.07, 6.45) is 13.7. The Labute approximate surface area is 584 Å². The zero-order chi connectivity index (χ0) is 75.9. The van der Waals surface area contributed by atoms with Gasteiger partial charge in [-0.05, 0) is 192 Å². The van der Waals surface area contributed by atoms with E-state index >= 15 is 0 Å². The first-order chi connectivity index (χ1) is 50.8. The summed E-state index contributed by atoms with van der Waals surface area (Å²) in [6, 6.07) is 45.0. The fourth-order valence-corrected chi connectivity index (χ4v) is 14.8. The van der Waals surface area contributed by atoms with Gasteiger partial charge in [0.05, 0.1) is 49.6 Å². The van der Waals surface area contributed by atoms with Gasteiger partial charge in [0.15, 0.2) is 22.3 Å². The third-order valence-electron chi connectivity index (χ3n) is 19.4. The minimum Gasteiger partial charge on any atom is -0.435 e. The fraction of sp³-hybridized carbons (Fsp3) is 0.268. The predicted octanol–water partition coefficient (Wildman–Crippen LogP) is 20.5. The highest BCUT2D eigenvalue weighted by Gasteiger charge is 2.39. The average molecular weight is 1310 g/mol. The Balaban J connectivity index is 0.000000114. The largest absolute Gasteiger partial charge is 0.435 e. The smallest absolute Gasteiger partial charge is 0.227 e. The molecule has 5 unspecified atom stereocenters. The van der Waals surface area contributed by atoms with Crippen molar-refractivity contribution in [1.82, 2.24) is 29.7 Å². The zero-order valence-corrected chi connectivity index (χ0v) is 57.3. The number of rotatable bonds is 7. The molecule has 0 bridgehead atoms. The number of para-hydroxylation sites is 4. The lowest BCUT2D eigenvalue weighted by molar-refractivity contribution is 0.263. The molecule has 496 valence electrons. The van der Waals surface area contributed by atoms with Crippen molar-refractivity contribution in [3.63, 3.8) is 0 Å². The predicted molar refractivity (Wildman–Crippen MR) is 403 cm³/mol. The molecule has 12 heterocycles. The van der Waals surface area contributed by atoms with Crippen molar-refractivity contribution >= 4 is 134 Å². The first-order valence-electron chi connectivity index (χ1n) is 37.7. The average Bonchev–Trinajstić information content (AvgIpc) is 1.58. The van der Waals surface area contributed by atoms with Gasteiger partial charge in [-0.25, -0.2) is 19.9 Å². The van der Waals surface area contributed by atoms with Gasteiger partial charge < -0.3 is 56.9 Å². The van der Waals surface area contributed by atoms with Crippen molar-refractivity contribution in [3.05, 3.63) is 217 Å². The van der Waals surface area contributed by atoms with E-state index in [0.29, 0.717) is 34.1 Å². The zero-order valence-electron chi connectivity index (χ0n) is 66.3. The number of pyridine rings is 4. The van der Waals surface area contributed by atoms with Gasteiger partial charge in [-0.1, -0.05) is 72.8 Å². The molecule has 0 fully saturated rings. The van der Waals surface area contributed by atoms with Gasteiger partial charge in [-0.15, -0.1) is 0 Å². The van der Waals surface area contributed by atoms with Crippen molar-refractivity contribution in [2.75, 3.05) is 36.4 Å². The molecule has 0 aliphatic carbocycles. The summed E-state index contributed by atoms with van der Waals surface area (Å²) in [5.41, 5.74) is 17.4. The van der Waals surface area contributed by atoms with Crippen LogP contribution in [0.2, 0.25) is 0 Å². The molecule has 0 saturated heterocycles. The molecule has 18 rings (SSSR count). The van der Waals surface area contributed by atoms with Gasteiger partial charge >= 0.3 is 0 Å². The van der Waals surface area contributed by atoms with Gasteiger partial charge in [-0.3, -0.25) is 0 Å². The second kappa shape index (κ2) is 24.9. The van der Waals surface area contributed by atoms with Crippen LogP contribution in [0.15, 0.2) is 213 Å². The van der Waals surface area contributed by atoms with Gasteiger partial charge in [-0.2, -0.15) is 0 Å².